The summed E-state index contributed by atoms with van der Waals surface area (Å²) in [6.07, 6.45) is 0. The van der Waals surface area contributed by atoms with Crippen molar-refractivity contribution < 1.29 is 0 Å². The van der Waals surface area contributed by atoms with Gasteiger partial charge in [-0.15, -0.1) is 0 Å². The molecule has 0 spiro atoms. The van der Waals surface area contributed by atoms with Crippen LogP contribution in [0, 0.1) is 0 Å². The van der Waals surface area contributed by atoms with Crippen molar-refractivity contribution >= 4 is 54.1 Å². The molecule has 12 rings (SSSR count). The SMILES string of the molecule is c1ccc(-c2ccc3ccc4ccc(-c5ccc(-c6ccc(-c7ccc8c(-c9ccccc9)c9ccccc9c(-c9ccccc9)c8c7)cc6)c6ccccc56)nc4c3n2)cc1. The van der Waals surface area contributed by atoms with Crippen LogP contribution in [0.5, 0.6) is 0 Å². The second-order valence-electron chi connectivity index (χ2n) is 16.0. The summed E-state index contributed by atoms with van der Waals surface area (Å²) in [6.45, 7) is 0. The number of nitrogens with zero attached hydrogens (tertiary/aromatic N) is 2. The van der Waals surface area contributed by atoms with E-state index in [0.29, 0.717) is 0 Å². The van der Waals surface area contributed by atoms with Crippen molar-refractivity contribution in [2.75, 3.05) is 0 Å². The molecule has 2 heterocycles. The topological polar surface area (TPSA) is 25.8 Å². The van der Waals surface area contributed by atoms with Gasteiger partial charge in [0.1, 0.15) is 0 Å². The van der Waals surface area contributed by atoms with Crippen LogP contribution in [0.3, 0.4) is 0 Å². The fourth-order valence-corrected chi connectivity index (χ4v) is 9.49. The number of fused-ring (bicyclic) bond motifs is 6. The zero-order valence-corrected chi connectivity index (χ0v) is 33.8. The molecule has 0 N–H and O–H groups in total. The van der Waals surface area contributed by atoms with Gasteiger partial charge in [0.2, 0.25) is 0 Å². The van der Waals surface area contributed by atoms with E-state index in [1.165, 1.54) is 76.8 Å². The van der Waals surface area contributed by atoms with Crippen LogP contribution in [0.25, 0.3) is 121 Å². The fraction of sp³-hybridized carbons (Fsp3) is 0. The number of rotatable bonds is 6. The number of benzene rings is 10. The lowest BCUT2D eigenvalue weighted by Crippen LogP contribution is -1.92. The van der Waals surface area contributed by atoms with E-state index in [9.17, 15) is 0 Å². The van der Waals surface area contributed by atoms with Gasteiger partial charge in [0.15, 0.2) is 0 Å². The Balaban J connectivity index is 0.953. The quantitative estimate of drug-likeness (QED) is 0.124. The first-order valence-corrected chi connectivity index (χ1v) is 21.2. The molecule has 0 aliphatic heterocycles. The maximum absolute atomic E-state index is 5.33. The molecule has 288 valence electrons. The van der Waals surface area contributed by atoms with Gasteiger partial charge in [-0.05, 0) is 95.0 Å². The van der Waals surface area contributed by atoms with E-state index in [2.05, 4.69) is 224 Å². The summed E-state index contributed by atoms with van der Waals surface area (Å²) < 4.78 is 0. The van der Waals surface area contributed by atoms with Gasteiger partial charge in [0.05, 0.1) is 22.4 Å². The molecule has 0 saturated heterocycles. The second kappa shape index (κ2) is 14.8. The molecule has 0 bridgehead atoms. The van der Waals surface area contributed by atoms with Gasteiger partial charge in [-0.2, -0.15) is 0 Å². The predicted molar refractivity (Wildman–Crippen MR) is 262 cm³/mol. The van der Waals surface area contributed by atoms with Crippen LogP contribution in [-0.2, 0) is 0 Å². The monoisotopic (exact) mass is 786 g/mol. The van der Waals surface area contributed by atoms with Crippen molar-refractivity contribution in [3.8, 4) is 67.0 Å². The molecule has 0 amide bonds. The minimum Gasteiger partial charge on any atom is -0.245 e. The lowest BCUT2D eigenvalue weighted by molar-refractivity contribution is 1.37. The number of hydrogen-bond donors (Lipinski definition) is 0. The molecule has 0 fully saturated rings. The Morgan fingerprint density at radius 2 is 0.645 bits per heavy atom. The van der Waals surface area contributed by atoms with Gasteiger partial charge in [-0.1, -0.05) is 212 Å². The van der Waals surface area contributed by atoms with Crippen molar-refractivity contribution in [3.63, 3.8) is 0 Å². The summed E-state index contributed by atoms with van der Waals surface area (Å²) in [7, 11) is 0. The molecule has 0 aliphatic carbocycles. The third kappa shape index (κ3) is 6.04. The van der Waals surface area contributed by atoms with Crippen molar-refractivity contribution in [1.82, 2.24) is 9.97 Å². The summed E-state index contributed by atoms with van der Waals surface area (Å²) in [6, 6.07) is 83.0. The minimum absolute atomic E-state index is 0.913. The molecule has 2 heteroatoms. The van der Waals surface area contributed by atoms with E-state index in [0.717, 1.165) is 44.3 Å². The van der Waals surface area contributed by atoms with Gasteiger partial charge in [0.25, 0.3) is 0 Å². The van der Waals surface area contributed by atoms with Crippen LogP contribution < -0.4 is 0 Å². The molecule has 0 aliphatic rings. The summed E-state index contributed by atoms with van der Waals surface area (Å²) in [5.41, 5.74) is 15.6. The van der Waals surface area contributed by atoms with E-state index in [-0.39, 0.29) is 0 Å². The number of pyridine rings is 2. The molecule has 0 unspecified atom stereocenters. The van der Waals surface area contributed by atoms with Crippen molar-refractivity contribution in [2.24, 2.45) is 0 Å². The summed E-state index contributed by atoms with van der Waals surface area (Å²) in [5.74, 6) is 0. The molecule has 0 saturated carbocycles. The largest absolute Gasteiger partial charge is 0.245 e. The molecule has 0 radical (unpaired) electrons. The van der Waals surface area contributed by atoms with Gasteiger partial charge in [-0.3, -0.25) is 0 Å². The third-order valence-electron chi connectivity index (χ3n) is 12.5. The van der Waals surface area contributed by atoms with E-state index in [1.807, 2.05) is 6.07 Å². The summed E-state index contributed by atoms with van der Waals surface area (Å²) in [5, 5.41) is 9.55. The average Bonchev–Trinajstić information content (AvgIpc) is 3.35. The van der Waals surface area contributed by atoms with Gasteiger partial charge in [0, 0.05) is 21.9 Å². The number of hydrogen-bond acceptors (Lipinski definition) is 2. The first-order chi connectivity index (χ1) is 30.7. The molecule has 2 aromatic heterocycles. The second-order valence-corrected chi connectivity index (χ2v) is 16.0. The molecular weight excluding hydrogens is 749 g/mol. The van der Waals surface area contributed by atoms with Crippen LogP contribution in [0.4, 0.5) is 0 Å². The van der Waals surface area contributed by atoms with E-state index in [1.54, 1.807) is 0 Å². The normalized spacial score (nSPS) is 11.5. The maximum atomic E-state index is 5.33. The maximum Gasteiger partial charge on any atom is 0.0972 e. The Morgan fingerprint density at radius 3 is 1.26 bits per heavy atom. The lowest BCUT2D eigenvalue weighted by Gasteiger charge is -2.19. The first kappa shape index (κ1) is 35.7. The van der Waals surface area contributed by atoms with E-state index < -0.39 is 0 Å². The predicted octanol–water partition coefficient (Wildman–Crippen LogP) is 16.2. The molecule has 62 heavy (non-hydrogen) atoms. The van der Waals surface area contributed by atoms with E-state index in [4.69, 9.17) is 9.97 Å². The molecule has 0 atom stereocenters. The summed E-state index contributed by atoms with van der Waals surface area (Å²) >= 11 is 0. The van der Waals surface area contributed by atoms with Crippen molar-refractivity contribution in [2.45, 2.75) is 0 Å². The molecular formula is C60H38N2. The standard InChI is InChI=1S/C60H38N2/c1-4-14-41(15-5-1)55-36-31-44-28-29-45-32-37-56(62-60(45)59(44)61-55)50-35-34-47(48-20-10-11-21-49(48)50)40-26-24-39(25-27-40)46-30-33-53-54(38-46)58(43-18-8-3-9-19-43)52-23-13-12-22-51(52)57(53)42-16-6-2-7-17-42/h1-38H. The minimum atomic E-state index is 0.913. The average molecular weight is 787 g/mol. The highest BCUT2D eigenvalue weighted by atomic mass is 14.8. The van der Waals surface area contributed by atoms with Crippen molar-refractivity contribution in [3.05, 3.63) is 231 Å². The molecule has 12 aromatic rings. The molecule has 10 aromatic carbocycles. The fourth-order valence-electron chi connectivity index (χ4n) is 9.49. The zero-order chi connectivity index (χ0) is 41.0. The van der Waals surface area contributed by atoms with Crippen LogP contribution in [-0.4, -0.2) is 9.97 Å². The van der Waals surface area contributed by atoms with Gasteiger partial charge < -0.3 is 0 Å². The first-order valence-electron chi connectivity index (χ1n) is 21.2. The highest BCUT2D eigenvalue weighted by Gasteiger charge is 2.18. The van der Waals surface area contributed by atoms with Crippen LogP contribution >= 0.6 is 0 Å². The Bertz CT molecular complexity index is 3650. The van der Waals surface area contributed by atoms with Crippen LogP contribution in [0.15, 0.2) is 231 Å². The smallest absolute Gasteiger partial charge is 0.0972 e. The summed E-state index contributed by atoms with van der Waals surface area (Å²) in [4.78, 5) is 10.5. The Labute approximate surface area is 360 Å². The van der Waals surface area contributed by atoms with E-state index >= 15 is 0 Å². The highest BCUT2D eigenvalue weighted by Crippen LogP contribution is 2.45. The number of aromatic nitrogens is 2. The van der Waals surface area contributed by atoms with Gasteiger partial charge in [-0.25, -0.2) is 9.97 Å². The molecule has 2 nitrogen and oxygen atoms in total. The zero-order valence-electron chi connectivity index (χ0n) is 33.8. The van der Waals surface area contributed by atoms with Crippen molar-refractivity contribution in [1.29, 1.82) is 0 Å². The lowest BCUT2D eigenvalue weighted by atomic mass is 9.85. The third-order valence-corrected chi connectivity index (χ3v) is 12.5. The van der Waals surface area contributed by atoms with Crippen LogP contribution in [0.1, 0.15) is 0 Å². The highest BCUT2D eigenvalue weighted by molar-refractivity contribution is 6.22. The van der Waals surface area contributed by atoms with Gasteiger partial charge >= 0.3 is 0 Å². The Hall–Kier alpha value is -8.20. The Morgan fingerprint density at radius 1 is 0.226 bits per heavy atom. The van der Waals surface area contributed by atoms with Crippen LogP contribution in [0.2, 0.25) is 0 Å². The Kier molecular flexibility index (Phi) is 8.53.